The first-order valence-electron chi connectivity index (χ1n) is 8.22. The van der Waals surface area contributed by atoms with Crippen molar-refractivity contribution >= 4 is 22.5 Å². The minimum atomic E-state index is -0.212. The van der Waals surface area contributed by atoms with Crippen molar-refractivity contribution in [3.63, 3.8) is 0 Å². The van der Waals surface area contributed by atoms with E-state index >= 15 is 0 Å². The average molecular weight is 321 g/mol. The van der Waals surface area contributed by atoms with Crippen LogP contribution in [0.3, 0.4) is 0 Å². The summed E-state index contributed by atoms with van der Waals surface area (Å²) in [6, 6.07) is 11.7. The van der Waals surface area contributed by atoms with Gasteiger partial charge in [0.05, 0.1) is 17.2 Å². The number of hydrogen-bond donors (Lipinski definition) is 2. The molecule has 1 fully saturated rings. The molecular formula is C18H19N5O. The highest BCUT2D eigenvalue weighted by Gasteiger charge is 2.18. The van der Waals surface area contributed by atoms with E-state index in [2.05, 4.69) is 20.7 Å². The van der Waals surface area contributed by atoms with Gasteiger partial charge in [0.25, 0.3) is 5.91 Å². The molecule has 1 unspecified atom stereocenters. The van der Waals surface area contributed by atoms with Crippen LogP contribution < -0.4 is 10.6 Å². The molecule has 3 aromatic rings. The first-order valence-corrected chi connectivity index (χ1v) is 8.22. The summed E-state index contributed by atoms with van der Waals surface area (Å²) in [4.78, 5) is 16.9. The van der Waals surface area contributed by atoms with Gasteiger partial charge in [-0.2, -0.15) is 5.10 Å². The van der Waals surface area contributed by atoms with Crippen molar-refractivity contribution in [2.24, 2.45) is 0 Å². The van der Waals surface area contributed by atoms with Crippen LogP contribution in [0, 0.1) is 0 Å². The van der Waals surface area contributed by atoms with Gasteiger partial charge in [-0.15, -0.1) is 0 Å². The van der Waals surface area contributed by atoms with Crippen LogP contribution in [0.1, 0.15) is 29.4 Å². The predicted octanol–water partition coefficient (Wildman–Crippen LogP) is 2.61. The lowest BCUT2D eigenvalue weighted by Crippen LogP contribution is -2.32. The van der Waals surface area contributed by atoms with Crippen LogP contribution in [-0.2, 0) is 0 Å². The molecule has 3 heterocycles. The van der Waals surface area contributed by atoms with Gasteiger partial charge in [0, 0.05) is 24.3 Å². The van der Waals surface area contributed by atoms with E-state index < -0.39 is 0 Å². The fourth-order valence-electron chi connectivity index (χ4n) is 3.11. The van der Waals surface area contributed by atoms with E-state index in [0.717, 1.165) is 36.8 Å². The quantitative estimate of drug-likeness (QED) is 0.778. The number of amides is 1. The van der Waals surface area contributed by atoms with E-state index in [1.54, 1.807) is 12.3 Å². The molecule has 24 heavy (non-hydrogen) atoms. The highest BCUT2D eigenvalue weighted by atomic mass is 16.2. The van der Waals surface area contributed by atoms with Gasteiger partial charge in [-0.1, -0.05) is 18.2 Å². The number of rotatable bonds is 3. The number of benzene rings is 1. The van der Waals surface area contributed by atoms with Gasteiger partial charge >= 0.3 is 0 Å². The summed E-state index contributed by atoms with van der Waals surface area (Å²) in [6.45, 7) is 1.95. The number of nitrogens with zero attached hydrogens (tertiary/aromatic N) is 3. The maximum absolute atomic E-state index is 12.5. The number of para-hydroxylation sites is 1. The molecule has 2 N–H and O–H groups in total. The average Bonchev–Trinajstić information content (AvgIpc) is 3.13. The predicted molar refractivity (Wildman–Crippen MR) is 93.1 cm³/mol. The Labute approximate surface area is 139 Å². The molecular weight excluding hydrogens is 302 g/mol. The molecule has 1 atom stereocenters. The van der Waals surface area contributed by atoms with Crippen molar-refractivity contribution in [1.82, 2.24) is 20.1 Å². The Bertz CT molecular complexity index is 861. The molecule has 0 spiro atoms. The monoisotopic (exact) mass is 321 g/mol. The molecule has 1 aromatic carbocycles. The molecule has 0 bridgehead atoms. The molecule has 6 nitrogen and oxygen atoms in total. The van der Waals surface area contributed by atoms with E-state index in [9.17, 15) is 4.79 Å². The molecule has 1 aliphatic heterocycles. The van der Waals surface area contributed by atoms with Crippen molar-refractivity contribution in [2.45, 2.75) is 18.9 Å². The number of carbonyl (C=O) groups excluding carboxylic acids is 1. The number of pyridine rings is 1. The molecule has 6 heteroatoms. The third-order valence-electron chi connectivity index (χ3n) is 4.37. The number of fused-ring (bicyclic) bond motifs is 1. The summed E-state index contributed by atoms with van der Waals surface area (Å²) in [6.07, 6.45) is 5.83. The summed E-state index contributed by atoms with van der Waals surface area (Å²) < 4.78 is 1.89. The van der Waals surface area contributed by atoms with Crippen LogP contribution >= 0.6 is 0 Å². The summed E-state index contributed by atoms with van der Waals surface area (Å²) in [5, 5.41) is 11.7. The fourth-order valence-corrected chi connectivity index (χ4v) is 3.11. The second kappa shape index (κ2) is 6.41. The lowest BCUT2D eigenvalue weighted by Gasteiger charge is -2.22. The van der Waals surface area contributed by atoms with Crippen molar-refractivity contribution in [3.8, 4) is 0 Å². The van der Waals surface area contributed by atoms with Gasteiger partial charge in [-0.3, -0.25) is 14.5 Å². The van der Waals surface area contributed by atoms with Crippen LogP contribution in [-0.4, -0.2) is 33.8 Å². The molecule has 122 valence electrons. The largest absolute Gasteiger partial charge is 0.319 e. The zero-order valence-electron chi connectivity index (χ0n) is 13.3. The lowest BCUT2D eigenvalue weighted by molar-refractivity contribution is 0.102. The van der Waals surface area contributed by atoms with Crippen LogP contribution in [0.15, 0.2) is 48.8 Å². The van der Waals surface area contributed by atoms with Crippen LogP contribution in [0.2, 0.25) is 0 Å². The maximum atomic E-state index is 12.5. The van der Waals surface area contributed by atoms with E-state index in [1.807, 2.05) is 41.2 Å². The zero-order chi connectivity index (χ0) is 16.4. The van der Waals surface area contributed by atoms with E-state index in [-0.39, 0.29) is 5.91 Å². The second-order valence-corrected chi connectivity index (χ2v) is 6.02. The first kappa shape index (κ1) is 14.8. The SMILES string of the molecule is O=C(Nc1cccc2cccnc12)c1ccn(C2CCCNC2)n1. The van der Waals surface area contributed by atoms with Gasteiger partial charge in [-0.25, -0.2) is 0 Å². The summed E-state index contributed by atoms with van der Waals surface area (Å²) >= 11 is 0. The molecule has 2 aromatic heterocycles. The minimum Gasteiger partial charge on any atom is -0.319 e. The fraction of sp³-hybridized carbons (Fsp3) is 0.278. The molecule has 0 saturated carbocycles. The van der Waals surface area contributed by atoms with Crippen LogP contribution in [0.25, 0.3) is 10.9 Å². The highest BCUT2D eigenvalue weighted by Crippen LogP contribution is 2.21. The number of carbonyl (C=O) groups is 1. The van der Waals surface area contributed by atoms with Crippen molar-refractivity contribution in [2.75, 3.05) is 18.4 Å². The van der Waals surface area contributed by atoms with Gasteiger partial charge in [-0.05, 0) is 37.6 Å². The Balaban J connectivity index is 1.54. The number of nitrogens with one attached hydrogen (secondary N) is 2. The highest BCUT2D eigenvalue weighted by molar-refractivity contribution is 6.07. The minimum absolute atomic E-state index is 0.212. The lowest BCUT2D eigenvalue weighted by atomic mass is 10.1. The number of anilines is 1. The molecule has 1 amide bonds. The smallest absolute Gasteiger partial charge is 0.276 e. The molecule has 0 radical (unpaired) electrons. The van der Waals surface area contributed by atoms with E-state index in [0.29, 0.717) is 17.4 Å². The van der Waals surface area contributed by atoms with Gasteiger partial charge in [0.2, 0.25) is 0 Å². The Hall–Kier alpha value is -2.73. The van der Waals surface area contributed by atoms with Crippen LogP contribution in [0.4, 0.5) is 5.69 Å². The maximum Gasteiger partial charge on any atom is 0.276 e. The number of piperidine rings is 1. The van der Waals surface area contributed by atoms with Crippen molar-refractivity contribution < 1.29 is 4.79 Å². The third-order valence-corrected chi connectivity index (χ3v) is 4.37. The molecule has 4 rings (SSSR count). The van der Waals surface area contributed by atoms with Crippen molar-refractivity contribution in [1.29, 1.82) is 0 Å². The standard InChI is InChI=1S/C18H19N5O/c24-18(16-8-11-23(22-16)14-6-3-9-19-12-14)21-15-7-1-4-13-5-2-10-20-17(13)15/h1-2,4-5,7-8,10-11,14,19H,3,6,9,12H2,(H,21,24). The van der Waals surface area contributed by atoms with Crippen LogP contribution in [0.5, 0.6) is 0 Å². The summed E-state index contributed by atoms with van der Waals surface area (Å²) in [5.74, 6) is -0.212. The summed E-state index contributed by atoms with van der Waals surface area (Å²) in [5.41, 5.74) is 1.91. The van der Waals surface area contributed by atoms with Gasteiger partial charge in [0.1, 0.15) is 0 Å². The summed E-state index contributed by atoms with van der Waals surface area (Å²) in [7, 11) is 0. The molecule has 0 aliphatic carbocycles. The Morgan fingerprint density at radius 2 is 2.17 bits per heavy atom. The Morgan fingerprint density at radius 1 is 1.25 bits per heavy atom. The number of aromatic nitrogens is 3. The molecule has 1 aliphatic rings. The van der Waals surface area contributed by atoms with Crippen molar-refractivity contribution in [3.05, 3.63) is 54.5 Å². The van der Waals surface area contributed by atoms with Gasteiger partial charge < -0.3 is 10.6 Å². The molecule has 1 saturated heterocycles. The Morgan fingerprint density at radius 3 is 3.04 bits per heavy atom. The van der Waals surface area contributed by atoms with E-state index in [4.69, 9.17) is 0 Å². The van der Waals surface area contributed by atoms with E-state index in [1.165, 1.54) is 0 Å². The second-order valence-electron chi connectivity index (χ2n) is 6.02. The Kier molecular flexibility index (Phi) is 3.96. The first-order chi connectivity index (χ1) is 11.8. The number of hydrogen-bond acceptors (Lipinski definition) is 4. The van der Waals surface area contributed by atoms with Gasteiger partial charge in [0.15, 0.2) is 5.69 Å². The topological polar surface area (TPSA) is 71.8 Å². The zero-order valence-corrected chi connectivity index (χ0v) is 13.3. The normalized spacial score (nSPS) is 17.8. The third kappa shape index (κ3) is 2.88.